The van der Waals surface area contributed by atoms with Gasteiger partial charge in [-0.05, 0) is 87.7 Å². The molecule has 1 aliphatic heterocycles. The van der Waals surface area contributed by atoms with E-state index in [-0.39, 0.29) is 6.04 Å². The fraction of sp³-hybridized carbons (Fsp3) is 0.643. The first-order valence-electron chi connectivity index (χ1n) is 14.1. The maximum atomic E-state index is 5.00. The molecule has 1 saturated heterocycles. The van der Waals surface area contributed by atoms with Crippen molar-refractivity contribution in [2.75, 3.05) is 49.8 Å². The number of hydrogen-bond acceptors (Lipinski definition) is 11. The number of aliphatic imine (C=N–C) groups is 2. The third-order valence-electron chi connectivity index (χ3n) is 7.91. The molecular formula is C28H45N11. The van der Waals surface area contributed by atoms with E-state index in [1.807, 2.05) is 27.8 Å². The largest absolute Gasteiger partial charge is 0.365 e. The molecule has 2 fully saturated rings. The van der Waals surface area contributed by atoms with Crippen molar-refractivity contribution < 1.29 is 0 Å². The molecule has 2 aromatic rings. The molecule has 2 aromatic heterocycles. The molecule has 2 unspecified atom stereocenters. The molecule has 11 heteroatoms. The van der Waals surface area contributed by atoms with Gasteiger partial charge in [-0.25, -0.2) is 15.0 Å². The lowest BCUT2D eigenvalue weighted by molar-refractivity contribution is 0.315. The third kappa shape index (κ3) is 6.70. The molecule has 212 valence electrons. The maximum absolute atomic E-state index is 5.00. The van der Waals surface area contributed by atoms with E-state index in [1.54, 1.807) is 6.21 Å². The number of nitrogens with zero attached hydrogens (tertiary/aromatic N) is 8. The van der Waals surface area contributed by atoms with E-state index in [1.165, 1.54) is 0 Å². The van der Waals surface area contributed by atoms with Crippen LogP contribution in [-0.4, -0.2) is 90.1 Å². The molecule has 0 radical (unpaired) electrons. The molecule has 4 rings (SSSR count). The van der Waals surface area contributed by atoms with Gasteiger partial charge >= 0.3 is 0 Å². The van der Waals surface area contributed by atoms with Gasteiger partial charge in [0.2, 0.25) is 5.95 Å². The van der Waals surface area contributed by atoms with Crippen LogP contribution in [0.2, 0.25) is 0 Å². The lowest BCUT2D eigenvalue weighted by Gasteiger charge is -2.31. The average Bonchev–Trinajstić information content (AvgIpc) is 3.42. The van der Waals surface area contributed by atoms with Crippen molar-refractivity contribution in [1.29, 1.82) is 0 Å². The van der Waals surface area contributed by atoms with Crippen LogP contribution in [-0.2, 0) is 0 Å². The number of aryl methyl sites for hydroxylation is 2. The van der Waals surface area contributed by atoms with Gasteiger partial charge in [0.25, 0.3) is 0 Å². The van der Waals surface area contributed by atoms with Crippen molar-refractivity contribution in [2.45, 2.75) is 84.0 Å². The number of rotatable bonds is 10. The molecule has 11 nitrogen and oxygen atoms in total. The summed E-state index contributed by atoms with van der Waals surface area (Å²) in [6, 6.07) is 1.15. The first-order chi connectivity index (χ1) is 18.7. The first kappa shape index (κ1) is 28.8. The molecule has 2 atom stereocenters. The van der Waals surface area contributed by atoms with Crippen LogP contribution < -0.4 is 20.9 Å². The van der Waals surface area contributed by atoms with Crippen LogP contribution in [0, 0.1) is 13.8 Å². The van der Waals surface area contributed by atoms with Crippen LogP contribution >= 0.6 is 0 Å². The van der Waals surface area contributed by atoms with Crippen molar-refractivity contribution in [3.63, 3.8) is 0 Å². The smallest absolute Gasteiger partial charge is 0.227 e. The minimum absolute atomic E-state index is 0.0275. The molecule has 3 heterocycles. The molecule has 0 bridgehead atoms. The topological polar surface area (TPSA) is 119 Å². The van der Waals surface area contributed by atoms with Gasteiger partial charge in [-0.2, -0.15) is 4.98 Å². The van der Waals surface area contributed by atoms with Gasteiger partial charge in [0.05, 0.1) is 11.4 Å². The van der Waals surface area contributed by atoms with Crippen molar-refractivity contribution in [3.05, 3.63) is 17.2 Å². The predicted octanol–water partition coefficient (Wildman–Crippen LogP) is 4.19. The Kier molecular flexibility index (Phi) is 9.45. The number of hydrogen-bond donors (Lipinski definition) is 3. The molecule has 39 heavy (non-hydrogen) atoms. The van der Waals surface area contributed by atoms with E-state index >= 15 is 0 Å². The zero-order chi connectivity index (χ0) is 28.1. The molecule has 0 amide bonds. The second-order valence-corrected chi connectivity index (χ2v) is 10.9. The van der Waals surface area contributed by atoms with Crippen LogP contribution in [0.5, 0.6) is 0 Å². The summed E-state index contributed by atoms with van der Waals surface area (Å²) < 4.78 is 0. The minimum Gasteiger partial charge on any atom is -0.365 e. The van der Waals surface area contributed by atoms with Gasteiger partial charge in [0.1, 0.15) is 17.2 Å². The third-order valence-corrected chi connectivity index (χ3v) is 7.91. The van der Waals surface area contributed by atoms with Crippen LogP contribution in [0.3, 0.4) is 0 Å². The normalized spacial score (nSPS) is 22.5. The van der Waals surface area contributed by atoms with E-state index in [0.29, 0.717) is 18.1 Å². The number of nitrogens with one attached hydrogen (secondary N) is 3. The number of aromatic nitrogens is 4. The van der Waals surface area contributed by atoms with E-state index in [4.69, 9.17) is 9.97 Å². The molecule has 2 aliphatic rings. The SMILES string of the molecule is C=Nc1c(NC2CCC(Nc3nc(C)nc(C)c3N=CC)CC2)nc(N2CCC(N(C)C)C2)nc1C(C)NC. The minimum atomic E-state index is 0.0275. The number of anilines is 3. The Balaban J connectivity index is 1.49. The summed E-state index contributed by atoms with van der Waals surface area (Å²) in [5.41, 5.74) is 3.33. The van der Waals surface area contributed by atoms with Gasteiger partial charge in [0.15, 0.2) is 11.6 Å². The van der Waals surface area contributed by atoms with Crippen LogP contribution in [0.4, 0.5) is 29.0 Å². The van der Waals surface area contributed by atoms with Gasteiger partial charge in [-0.3, -0.25) is 9.98 Å². The highest BCUT2D eigenvalue weighted by Crippen LogP contribution is 2.36. The van der Waals surface area contributed by atoms with Crippen molar-refractivity contribution >= 4 is 41.9 Å². The first-order valence-corrected chi connectivity index (χ1v) is 14.1. The maximum Gasteiger partial charge on any atom is 0.227 e. The van der Waals surface area contributed by atoms with E-state index < -0.39 is 0 Å². The molecule has 1 aliphatic carbocycles. The standard InChI is InChI=1S/C28H45N11/c1-9-31-24-18(3)32-19(4)33-26(24)34-20-10-12-21(13-11-20)35-27-25(30-6)23(17(2)29-5)36-28(37-27)39-15-14-22(16-39)38(7)8/h9,17,20-22,29H,6,10-16H2,1-5,7-8H3,(H,32,33,34)(H,35,36,37). The van der Waals surface area contributed by atoms with Crippen molar-refractivity contribution in [2.24, 2.45) is 9.98 Å². The molecule has 0 aromatic carbocycles. The molecule has 3 N–H and O–H groups in total. The Morgan fingerprint density at radius 2 is 1.62 bits per heavy atom. The Labute approximate surface area is 233 Å². The summed E-state index contributed by atoms with van der Waals surface area (Å²) in [4.78, 5) is 32.6. The highest BCUT2D eigenvalue weighted by Gasteiger charge is 2.29. The fourth-order valence-corrected chi connectivity index (χ4v) is 5.50. The van der Waals surface area contributed by atoms with Crippen molar-refractivity contribution in [1.82, 2.24) is 30.2 Å². The second kappa shape index (κ2) is 12.8. The summed E-state index contributed by atoms with van der Waals surface area (Å²) >= 11 is 0. The Bertz CT molecular complexity index is 1170. The van der Waals surface area contributed by atoms with Gasteiger partial charge in [-0.1, -0.05) is 0 Å². The average molecular weight is 536 g/mol. The Morgan fingerprint density at radius 3 is 2.15 bits per heavy atom. The molecule has 0 spiro atoms. The second-order valence-electron chi connectivity index (χ2n) is 10.9. The van der Waals surface area contributed by atoms with E-state index in [0.717, 1.165) is 91.4 Å². The van der Waals surface area contributed by atoms with E-state index in [2.05, 4.69) is 73.4 Å². The number of likely N-dealkylation sites (N-methyl/N-ethyl adjacent to an activating group) is 1. The summed E-state index contributed by atoms with van der Waals surface area (Å²) in [6.07, 6.45) is 6.94. The zero-order valence-electron chi connectivity index (χ0n) is 24.6. The van der Waals surface area contributed by atoms with Crippen molar-refractivity contribution in [3.8, 4) is 0 Å². The predicted molar refractivity (Wildman–Crippen MR) is 162 cm³/mol. The molecular weight excluding hydrogens is 490 g/mol. The lowest BCUT2D eigenvalue weighted by atomic mass is 9.91. The van der Waals surface area contributed by atoms with E-state index in [9.17, 15) is 0 Å². The Morgan fingerprint density at radius 1 is 0.974 bits per heavy atom. The monoisotopic (exact) mass is 535 g/mol. The highest BCUT2D eigenvalue weighted by molar-refractivity contribution is 5.71. The van der Waals surface area contributed by atoms with Gasteiger partial charge in [0, 0.05) is 43.5 Å². The summed E-state index contributed by atoms with van der Waals surface area (Å²) in [6.45, 7) is 13.7. The fourth-order valence-electron chi connectivity index (χ4n) is 5.50. The highest BCUT2D eigenvalue weighted by atomic mass is 15.3. The zero-order valence-corrected chi connectivity index (χ0v) is 24.6. The summed E-state index contributed by atoms with van der Waals surface area (Å²) in [5, 5.41) is 10.7. The summed E-state index contributed by atoms with van der Waals surface area (Å²) in [7, 11) is 6.21. The van der Waals surface area contributed by atoms with Crippen LogP contribution in [0.1, 0.15) is 69.2 Å². The summed E-state index contributed by atoms with van der Waals surface area (Å²) in [5.74, 6) is 3.12. The van der Waals surface area contributed by atoms with Crippen LogP contribution in [0.15, 0.2) is 9.98 Å². The van der Waals surface area contributed by atoms with Crippen LogP contribution in [0.25, 0.3) is 0 Å². The Hall–Kier alpha value is -3.18. The quantitative estimate of drug-likeness (QED) is 0.385. The van der Waals surface area contributed by atoms with Gasteiger partial charge < -0.3 is 25.8 Å². The molecule has 1 saturated carbocycles. The van der Waals surface area contributed by atoms with Gasteiger partial charge in [-0.15, -0.1) is 0 Å². The lowest BCUT2D eigenvalue weighted by Crippen LogP contribution is -2.34.